The molecule has 41 heavy (non-hydrogen) atoms. The first-order chi connectivity index (χ1) is 19.6. The molecular formula is C28H31ClF3N7O2. The number of hydrogen-bond donors (Lipinski definition) is 1. The molecule has 2 aliphatic rings. The molecule has 1 amide bonds. The summed E-state index contributed by atoms with van der Waals surface area (Å²) in [5.74, 6) is 1.01. The van der Waals surface area contributed by atoms with E-state index in [9.17, 15) is 18.0 Å². The lowest BCUT2D eigenvalue weighted by molar-refractivity contribution is -0.137. The van der Waals surface area contributed by atoms with Crippen LogP contribution in [-0.2, 0) is 11.0 Å². The summed E-state index contributed by atoms with van der Waals surface area (Å²) in [6, 6.07) is 5.11. The second-order valence-electron chi connectivity index (χ2n) is 10.2. The normalized spacial score (nSPS) is 16.6. The van der Waals surface area contributed by atoms with Crippen LogP contribution in [-0.4, -0.2) is 83.1 Å². The summed E-state index contributed by atoms with van der Waals surface area (Å²) in [7, 11) is 0. The first-order valence-corrected chi connectivity index (χ1v) is 13.8. The molecule has 13 heteroatoms. The summed E-state index contributed by atoms with van der Waals surface area (Å²) in [5, 5.41) is 0.587. The van der Waals surface area contributed by atoms with E-state index in [2.05, 4.69) is 33.4 Å². The zero-order valence-corrected chi connectivity index (χ0v) is 23.4. The van der Waals surface area contributed by atoms with Crippen LogP contribution in [0.15, 0.2) is 36.9 Å². The number of pyridine rings is 1. The average Bonchev–Trinajstić information content (AvgIpc) is 2.92. The summed E-state index contributed by atoms with van der Waals surface area (Å²) in [5.41, 5.74) is 4.81. The molecule has 0 unspecified atom stereocenters. The van der Waals surface area contributed by atoms with E-state index >= 15 is 0 Å². The number of nitrogen functional groups attached to an aromatic ring is 1. The smallest absolute Gasteiger partial charge is 0.418 e. The van der Waals surface area contributed by atoms with Crippen LogP contribution in [0.25, 0.3) is 22.2 Å². The van der Waals surface area contributed by atoms with Crippen LogP contribution in [0.2, 0.25) is 5.02 Å². The maximum Gasteiger partial charge on any atom is 0.418 e. The Bertz CT molecular complexity index is 1450. The standard InChI is InChI=1S/C28H31ClF3N7O2/c1-3-17-15-37(16-17)11-12-41-27-34-22-14-18(25-20(28(30,31)32)5-6-23(33)35-25)21(29)13-19(22)26(36-27)39-9-7-38(8-10-39)24(40)4-2/h4-6,13-14,17H,2-3,7-12,15-16H2,1H3,(H2,33,35). The second kappa shape index (κ2) is 11.7. The van der Waals surface area contributed by atoms with Gasteiger partial charge in [0.05, 0.1) is 21.8 Å². The maximum absolute atomic E-state index is 13.9. The fourth-order valence-electron chi connectivity index (χ4n) is 5.16. The van der Waals surface area contributed by atoms with Gasteiger partial charge in [0.25, 0.3) is 0 Å². The first-order valence-electron chi connectivity index (χ1n) is 13.4. The van der Waals surface area contributed by atoms with Gasteiger partial charge < -0.3 is 20.3 Å². The van der Waals surface area contributed by atoms with Crippen molar-refractivity contribution in [2.24, 2.45) is 5.92 Å². The third-order valence-corrected chi connectivity index (χ3v) is 7.85. The Morgan fingerprint density at radius 3 is 2.56 bits per heavy atom. The van der Waals surface area contributed by atoms with Crippen LogP contribution in [0.3, 0.4) is 0 Å². The highest BCUT2D eigenvalue weighted by Crippen LogP contribution is 2.41. The number of nitrogens with zero attached hydrogens (tertiary/aromatic N) is 6. The third kappa shape index (κ3) is 6.18. The highest BCUT2D eigenvalue weighted by Gasteiger charge is 2.35. The van der Waals surface area contributed by atoms with Crippen LogP contribution in [0.4, 0.5) is 24.8 Å². The van der Waals surface area contributed by atoms with Gasteiger partial charge in [-0.3, -0.25) is 9.69 Å². The van der Waals surface area contributed by atoms with Crippen molar-refractivity contribution >= 4 is 40.0 Å². The van der Waals surface area contributed by atoms with Crippen LogP contribution < -0.4 is 15.4 Å². The first kappa shape index (κ1) is 28.9. The predicted molar refractivity (Wildman–Crippen MR) is 152 cm³/mol. The SMILES string of the molecule is C=CC(=O)N1CCN(c2nc(OCCN3CC(CC)C3)nc3cc(-c4nc(N)ccc4C(F)(F)F)c(Cl)cc23)CC1. The van der Waals surface area contributed by atoms with Crippen molar-refractivity contribution in [3.8, 4) is 17.3 Å². The molecule has 1 aromatic carbocycles. The Kier molecular flexibility index (Phi) is 8.23. The number of benzene rings is 1. The van der Waals surface area contributed by atoms with Gasteiger partial charge in [-0.2, -0.15) is 23.1 Å². The number of rotatable bonds is 8. The lowest BCUT2D eigenvalue weighted by Crippen LogP contribution is -2.48. The van der Waals surface area contributed by atoms with Crippen molar-refractivity contribution in [2.75, 3.05) is 63.1 Å². The summed E-state index contributed by atoms with van der Waals surface area (Å²) < 4.78 is 47.6. The largest absolute Gasteiger partial charge is 0.462 e. The van der Waals surface area contributed by atoms with Crippen LogP contribution >= 0.6 is 11.6 Å². The van der Waals surface area contributed by atoms with Gasteiger partial charge in [0, 0.05) is 56.8 Å². The number of ether oxygens (including phenoxy) is 1. The molecule has 9 nitrogen and oxygen atoms in total. The van der Waals surface area contributed by atoms with Gasteiger partial charge in [-0.1, -0.05) is 31.5 Å². The fourth-order valence-corrected chi connectivity index (χ4v) is 5.41. The van der Waals surface area contributed by atoms with Crippen molar-refractivity contribution < 1.29 is 22.7 Å². The molecule has 3 aromatic rings. The minimum atomic E-state index is -4.67. The lowest BCUT2D eigenvalue weighted by atomic mass is 9.98. The van der Waals surface area contributed by atoms with E-state index in [1.54, 1.807) is 11.0 Å². The highest BCUT2D eigenvalue weighted by atomic mass is 35.5. The number of likely N-dealkylation sites (tertiary alicyclic amines) is 1. The van der Waals surface area contributed by atoms with E-state index in [4.69, 9.17) is 22.1 Å². The summed E-state index contributed by atoms with van der Waals surface area (Å²) >= 11 is 6.59. The molecular weight excluding hydrogens is 559 g/mol. The Balaban J connectivity index is 1.52. The molecule has 2 aromatic heterocycles. The quantitative estimate of drug-likeness (QED) is 0.383. The number of aromatic nitrogens is 3. The minimum absolute atomic E-state index is 0.0435. The number of piperazine rings is 1. The summed E-state index contributed by atoms with van der Waals surface area (Å²) in [6.07, 6.45) is -2.25. The number of alkyl halides is 3. The van der Waals surface area contributed by atoms with Crippen LogP contribution in [0.1, 0.15) is 18.9 Å². The highest BCUT2D eigenvalue weighted by molar-refractivity contribution is 6.34. The zero-order chi connectivity index (χ0) is 29.3. The number of halogens is 4. The van der Waals surface area contributed by atoms with E-state index in [0.717, 1.165) is 31.6 Å². The van der Waals surface area contributed by atoms with Gasteiger partial charge in [-0.05, 0) is 36.3 Å². The Hall–Kier alpha value is -3.64. The lowest BCUT2D eigenvalue weighted by Gasteiger charge is -2.38. The Morgan fingerprint density at radius 2 is 1.90 bits per heavy atom. The number of fused-ring (bicyclic) bond motifs is 1. The number of nitrogens with two attached hydrogens (primary N) is 1. The fraction of sp³-hybridized carbons (Fsp3) is 0.429. The van der Waals surface area contributed by atoms with Crippen LogP contribution in [0, 0.1) is 5.92 Å². The third-order valence-electron chi connectivity index (χ3n) is 7.54. The number of carbonyl (C=O) groups is 1. The molecule has 4 heterocycles. The zero-order valence-electron chi connectivity index (χ0n) is 22.6. The van der Waals surface area contributed by atoms with E-state index in [-0.39, 0.29) is 34.0 Å². The number of hydrogen-bond acceptors (Lipinski definition) is 8. The molecule has 0 bridgehead atoms. The molecule has 0 radical (unpaired) electrons. The van der Waals surface area contributed by atoms with Crippen molar-refractivity contribution in [2.45, 2.75) is 19.5 Å². The molecule has 2 aliphatic heterocycles. The number of amides is 1. The molecule has 2 N–H and O–H groups in total. The summed E-state index contributed by atoms with van der Waals surface area (Å²) in [6.45, 7) is 10.7. The molecule has 2 fully saturated rings. The topological polar surface area (TPSA) is 101 Å². The van der Waals surface area contributed by atoms with E-state index in [1.165, 1.54) is 12.1 Å². The number of carbonyl (C=O) groups excluding carboxylic acids is 1. The van der Waals surface area contributed by atoms with E-state index in [1.807, 2.05) is 4.90 Å². The van der Waals surface area contributed by atoms with Crippen molar-refractivity contribution in [3.63, 3.8) is 0 Å². The van der Waals surface area contributed by atoms with Crippen molar-refractivity contribution in [3.05, 3.63) is 47.5 Å². The van der Waals surface area contributed by atoms with Gasteiger partial charge in [0.2, 0.25) is 5.91 Å². The summed E-state index contributed by atoms with van der Waals surface area (Å²) in [4.78, 5) is 31.3. The van der Waals surface area contributed by atoms with Gasteiger partial charge in [-0.15, -0.1) is 0 Å². The van der Waals surface area contributed by atoms with Gasteiger partial charge in [0.1, 0.15) is 18.2 Å². The van der Waals surface area contributed by atoms with E-state index in [0.29, 0.717) is 62.0 Å². The molecule has 5 rings (SSSR count). The van der Waals surface area contributed by atoms with E-state index < -0.39 is 11.7 Å². The molecule has 0 aliphatic carbocycles. The number of anilines is 2. The Labute approximate surface area is 240 Å². The van der Waals surface area contributed by atoms with Gasteiger partial charge in [0.15, 0.2) is 0 Å². The molecule has 0 spiro atoms. The molecule has 2 saturated heterocycles. The second-order valence-corrected chi connectivity index (χ2v) is 10.6. The van der Waals surface area contributed by atoms with Crippen molar-refractivity contribution in [1.82, 2.24) is 24.8 Å². The predicted octanol–water partition coefficient (Wildman–Crippen LogP) is 4.50. The van der Waals surface area contributed by atoms with Gasteiger partial charge in [-0.25, -0.2) is 4.98 Å². The molecule has 0 atom stereocenters. The van der Waals surface area contributed by atoms with Gasteiger partial charge >= 0.3 is 12.2 Å². The van der Waals surface area contributed by atoms with Crippen molar-refractivity contribution in [1.29, 1.82) is 0 Å². The Morgan fingerprint density at radius 1 is 1.17 bits per heavy atom. The van der Waals surface area contributed by atoms with Crippen LogP contribution in [0.5, 0.6) is 6.01 Å². The monoisotopic (exact) mass is 589 g/mol. The average molecular weight is 590 g/mol. The molecule has 218 valence electrons. The molecule has 0 saturated carbocycles. The minimum Gasteiger partial charge on any atom is -0.462 e. The maximum atomic E-state index is 13.9.